The van der Waals surface area contributed by atoms with Crippen molar-refractivity contribution in [2.75, 3.05) is 73.3 Å². The molecule has 3 aliphatic rings. The van der Waals surface area contributed by atoms with E-state index in [1.807, 2.05) is 55.6 Å². The Labute approximate surface area is 377 Å². The lowest BCUT2D eigenvalue weighted by molar-refractivity contribution is -0.125. The number of hydrogen-bond donors (Lipinski definition) is 5. The van der Waals surface area contributed by atoms with Gasteiger partial charge in [0.2, 0.25) is 11.8 Å². The number of amides is 7. The number of ether oxygens (including phenoxy) is 2. The predicted octanol–water partition coefficient (Wildman–Crippen LogP) is 5.80. The van der Waals surface area contributed by atoms with E-state index in [0.29, 0.717) is 78.4 Å². The average molecular weight is 937 g/mol. The number of nitrogens with two attached hydrogens (primary N) is 1. The van der Waals surface area contributed by atoms with Crippen LogP contribution in [0, 0.1) is 0 Å². The zero-order chi connectivity index (χ0) is 45.1. The summed E-state index contributed by atoms with van der Waals surface area (Å²) in [5.74, 6) is -0.584. The van der Waals surface area contributed by atoms with Crippen LogP contribution in [0.4, 0.5) is 31.4 Å². The Hall–Kier alpha value is -6.66. The molecule has 64 heavy (non-hydrogen) atoms. The number of piperazine rings is 1. The number of halogens is 1. The molecule has 17 nitrogen and oxygen atoms in total. The van der Waals surface area contributed by atoms with Crippen molar-refractivity contribution in [2.45, 2.75) is 44.8 Å². The van der Waals surface area contributed by atoms with Gasteiger partial charge >= 0.3 is 18.2 Å². The molecule has 18 heteroatoms. The summed E-state index contributed by atoms with van der Waals surface area (Å²) in [5, 5.41) is 11.1. The molecule has 0 aliphatic carbocycles. The number of H-pyrrole nitrogens is 1. The van der Waals surface area contributed by atoms with E-state index < -0.39 is 30.2 Å². The number of nitrogens with one attached hydrogen (secondary N) is 4. The molecule has 0 unspecified atom stereocenters. The molecule has 3 aliphatic heterocycles. The van der Waals surface area contributed by atoms with Gasteiger partial charge in [-0.2, -0.15) is 0 Å². The smallest absolute Gasteiger partial charge is 0.415 e. The van der Waals surface area contributed by atoms with Crippen molar-refractivity contribution in [1.29, 1.82) is 0 Å². The maximum atomic E-state index is 14.5. The van der Waals surface area contributed by atoms with E-state index in [9.17, 15) is 28.8 Å². The van der Waals surface area contributed by atoms with Gasteiger partial charge in [0, 0.05) is 92.0 Å². The van der Waals surface area contributed by atoms with Gasteiger partial charge in [-0.3, -0.25) is 19.3 Å². The summed E-state index contributed by atoms with van der Waals surface area (Å²) in [6.07, 6.45) is 0.352. The molecule has 334 valence electrons. The van der Waals surface area contributed by atoms with Gasteiger partial charge in [0.05, 0.1) is 11.4 Å². The van der Waals surface area contributed by atoms with E-state index in [4.69, 9.17) is 15.2 Å². The first-order valence-electron chi connectivity index (χ1n) is 21.3. The number of aromatic nitrogens is 1. The fourth-order valence-electron chi connectivity index (χ4n) is 8.69. The van der Waals surface area contributed by atoms with Crippen LogP contribution < -0.4 is 36.2 Å². The molecule has 8 rings (SSSR count). The second-order valence-corrected chi connectivity index (χ2v) is 17.0. The number of fused-ring (bicyclic) bond motifs is 6. The number of carbonyl (C=O) groups excluding carboxylic acids is 6. The van der Waals surface area contributed by atoms with Crippen molar-refractivity contribution in [3.63, 3.8) is 0 Å². The molecule has 0 saturated carbocycles. The van der Waals surface area contributed by atoms with Crippen LogP contribution in [0.15, 0.2) is 72.8 Å². The van der Waals surface area contributed by atoms with Crippen LogP contribution in [0.5, 0.6) is 5.75 Å². The van der Waals surface area contributed by atoms with Crippen LogP contribution in [0.1, 0.15) is 52.9 Å². The maximum absolute atomic E-state index is 14.5. The molecule has 4 heterocycles. The highest BCUT2D eigenvalue weighted by Crippen LogP contribution is 2.46. The summed E-state index contributed by atoms with van der Waals surface area (Å²) in [7, 11) is 2.03. The van der Waals surface area contributed by atoms with Crippen LogP contribution in [-0.4, -0.2) is 115 Å². The fraction of sp³-hybridized carbons (Fsp3) is 0.348. The lowest BCUT2D eigenvalue weighted by Gasteiger charge is -2.31. The van der Waals surface area contributed by atoms with Crippen LogP contribution in [0.25, 0.3) is 21.7 Å². The summed E-state index contributed by atoms with van der Waals surface area (Å²) in [4.78, 5) is 87.6. The fourth-order valence-corrected chi connectivity index (χ4v) is 9.22. The number of carbonyl (C=O) groups is 6. The Morgan fingerprint density at radius 2 is 1.62 bits per heavy atom. The molecule has 0 radical (unpaired) electrons. The van der Waals surface area contributed by atoms with Gasteiger partial charge in [0.1, 0.15) is 24.1 Å². The molecule has 4 aromatic carbocycles. The highest BCUT2D eigenvalue weighted by Gasteiger charge is 2.37. The van der Waals surface area contributed by atoms with Crippen molar-refractivity contribution in [3.05, 3.63) is 95.2 Å². The van der Waals surface area contributed by atoms with E-state index in [2.05, 4.69) is 41.8 Å². The number of aromatic amines is 1. The van der Waals surface area contributed by atoms with Gasteiger partial charge in [0.25, 0.3) is 5.91 Å². The number of hydrogen-bond acceptors (Lipinski definition) is 9. The van der Waals surface area contributed by atoms with Crippen LogP contribution in [-0.2, 0) is 27.4 Å². The van der Waals surface area contributed by atoms with E-state index in [-0.39, 0.29) is 37.3 Å². The Bertz CT molecular complexity index is 2630. The summed E-state index contributed by atoms with van der Waals surface area (Å²) >= 11 is 3.70. The average Bonchev–Trinajstić information content (AvgIpc) is 4.02. The SMILES string of the molecule is CC(=O)N[C@@H](CCCNC(N)=O)C(=O)Nc1ccc(COC(=O)N2CCc3c2ccc2[nH]c(C(=O)N4C[C@@H](CBr)c5c4cc(OC(=O)N4CCN(C)CC4)c4ccccc54)cc32)cc1. The van der Waals surface area contributed by atoms with E-state index in [1.54, 1.807) is 39.0 Å². The third kappa shape index (κ3) is 9.33. The number of likely N-dealkylation sites (N-methyl/N-ethyl adjacent to an activating group) is 1. The minimum atomic E-state index is -0.813. The minimum Gasteiger partial charge on any atom is -0.444 e. The highest BCUT2D eigenvalue weighted by atomic mass is 79.9. The number of rotatable bonds is 12. The Morgan fingerprint density at radius 1 is 0.875 bits per heavy atom. The zero-order valence-electron chi connectivity index (χ0n) is 35.6. The number of urea groups is 1. The molecule has 1 aromatic heterocycles. The normalized spacial score (nSPS) is 16.3. The lowest BCUT2D eigenvalue weighted by atomic mass is 9.95. The molecular weight excluding hydrogens is 886 g/mol. The Balaban J connectivity index is 0.937. The number of primary amides is 1. The molecule has 7 amide bonds. The molecule has 5 aromatic rings. The summed E-state index contributed by atoms with van der Waals surface area (Å²) < 4.78 is 11.8. The summed E-state index contributed by atoms with van der Waals surface area (Å²) in [6, 6.07) is 20.6. The zero-order valence-corrected chi connectivity index (χ0v) is 37.2. The topological polar surface area (TPSA) is 212 Å². The van der Waals surface area contributed by atoms with Crippen molar-refractivity contribution >= 4 is 90.6 Å². The largest absolute Gasteiger partial charge is 0.444 e. The van der Waals surface area contributed by atoms with Crippen molar-refractivity contribution < 1.29 is 38.2 Å². The van der Waals surface area contributed by atoms with E-state index in [1.165, 1.54) is 6.92 Å². The molecule has 0 bridgehead atoms. The van der Waals surface area contributed by atoms with Crippen LogP contribution in [0.2, 0.25) is 0 Å². The summed E-state index contributed by atoms with van der Waals surface area (Å²) in [6.45, 7) is 5.08. The third-order valence-electron chi connectivity index (χ3n) is 12.0. The van der Waals surface area contributed by atoms with Crippen molar-refractivity contribution in [2.24, 2.45) is 5.73 Å². The maximum Gasteiger partial charge on any atom is 0.415 e. The monoisotopic (exact) mass is 935 g/mol. The number of benzene rings is 4. The Kier molecular flexibility index (Phi) is 13.0. The first-order valence-corrected chi connectivity index (χ1v) is 22.4. The second-order valence-electron chi connectivity index (χ2n) is 16.3. The standard InChI is InChI=1S/C46H50BrN9O8/c1-27(57)50-36(8-5-16-49-44(48)60)42(58)51-30-11-9-28(10-12-30)26-63-46(62)55-17-15-31-34-22-37(52-35(34)13-14-38(31)55)43(59)56-25-29(24-47)41-33-7-4-3-6-32(33)40(23-39(41)56)64-45(61)54-20-18-53(2)19-21-54/h3-4,6-7,9-14,22-23,29,36,52H,5,8,15-21,24-26H2,1-2H3,(H,50,57)(H,51,58)(H3,48,49,60)/t29-,36+/m1/s1. The highest BCUT2D eigenvalue weighted by molar-refractivity contribution is 9.09. The van der Waals surface area contributed by atoms with Crippen LogP contribution in [0.3, 0.4) is 0 Å². The predicted molar refractivity (Wildman–Crippen MR) is 246 cm³/mol. The van der Waals surface area contributed by atoms with Gasteiger partial charge in [-0.15, -0.1) is 0 Å². The number of nitrogens with zero attached hydrogens (tertiary/aromatic N) is 4. The lowest BCUT2D eigenvalue weighted by Crippen LogP contribution is -2.48. The van der Waals surface area contributed by atoms with Crippen molar-refractivity contribution in [3.8, 4) is 5.75 Å². The molecule has 1 saturated heterocycles. The first-order chi connectivity index (χ1) is 30.9. The molecule has 6 N–H and O–H groups in total. The summed E-state index contributed by atoms with van der Waals surface area (Å²) in [5.41, 5.74) is 10.8. The van der Waals surface area contributed by atoms with Gasteiger partial charge < -0.3 is 50.8 Å². The van der Waals surface area contributed by atoms with Gasteiger partial charge in [-0.25, -0.2) is 14.4 Å². The quantitative estimate of drug-likeness (QED) is 0.0755. The second kappa shape index (κ2) is 19.0. The van der Waals surface area contributed by atoms with E-state index >= 15 is 0 Å². The van der Waals surface area contributed by atoms with Gasteiger partial charge in [0.15, 0.2) is 0 Å². The van der Waals surface area contributed by atoms with Crippen LogP contribution >= 0.6 is 15.9 Å². The molecular formula is C46H50BrN9O8. The third-order valence-corrected chi connectivity index (χ3v) is 12.8. The number of anilines is 3. The number of alkyl halides is 1. The molecule has 1 fully saturated rings. The van der Waals surface area contributed by atoms with E-state index in [0.717, 1.165) is 45.9 Å². The van der Waals surface area contributed by atoms with Gasteiger partial charge in [-0.1, -0.05) is 52.3 Å². The Morgan fingerprint density at radius 3 is 2.34 bits per heavy atom. The van der Waals surface area contributed by atoms with Crippen molar-refractivity contribution in [1.82, 2.24) is 25.4 Å². The molecule has 2 atom stereocenters. The van der Waals surface area contributed by atoms with Gasteiger partial charge in [-0.05, 0) is 78.7 Å². The molecule has 0 spiro atoms. The first kappa shape index (κ1) is 44.0. The minimum absolute atomic E-state index is 0.00245.